The fourth-order valence-electron chi connectivity index (χ4n) is 2.35. The SMILES string of the molecule is O=c1/c(=C/c2ccc(Cl)cc2Cl)sc2nc(-c3ccccc3Br)nn12. The summed E-state index contributed by atoms with van der Waals surface area (Å²) in [5.41, 5.74) is 1.33. The summed E-state index contributed by atoms with van der Waals surface area (Å²) in [7, 11) is 0. The van der Waals surface area contributed by atoms with Gasteiger partial charge in [-0.15, -0.1) is 5.10 Å². The van der Waals surface area contributed by atoms with E-state index in [-0.39, 0.29) is 5.56 Å². The number of thiazole rings is 1. The number of fused-ring (bicyclic) bond motifs is 1. The molecule has 4 rings (SSSR count). The van der Waals surface area contributed by atoms with E-state index >= 15 is 0 Å². The first kappa shape index (κ1) is 16.7. The zero-order chi connectivity index (χ0) is 17.6. The standard InChI is InChI=1S/C17H8BrCl2N3OS/c18-12-4-2-1-3-11(12)15-21-17-23(22-15)16(24)14(25-17)7-9-5-6-10(19)8-13(9)20/h1-8H/b14-7-. The van der Waals surface area contributed by atoms with Crippen molar-refractivity contribution in [3.05, 3.63) is 77.4 Å². The molecule has 2 aromatic heterocycles. The highest BCUT2D eigenvalue weighted by Crippen LogP contribution is 2.26. The normalized spacial score (nSPS) is 12.2. The summed E-state index contributed by atoms with van der Waals surface area (Å²) >= 11 is 16.8. The third-order valence-electron chi connectivity index (χ3n) is 3.55. The van der Waals surface area contributed by atoms with E-state index in [1.54, 1.807) is 24.3 Å². The summed E-state index contributed by atoms with van der Waals surface area (Å²) in [6, 6.07) is 12.8. The number of nitrogens with zero attached hydrogens (tertiary/aromatic N) is 3. The predicted molar refractivity (Wildman–Crippen MR) is 106 cm³/mol. The van der Waals surface area contributed by atoms with Crippen molar-refractivity contribution in [2.24, 2.45) is 0 Å². The Hall–Kier alpha value is -1.73. The lowest BCUT2D eigenvalue weighted by molar-refractivity contribution is 0.936. The first-order chi connectivity index (χ1) is 12.0. The Morgan fingerprint density at radius 2 is 1.96 bits per heavy atom. The average molecular weight is 453 g/mol. The van der Waals surface area contributed by atoms with Gasteiger partial charge in [0.1, 0.15) is 0 Å². The fourth-order valence-corrected chi connectivity index (χ4v) is 4.17. The lowest BCUT2D eigenvalue weighted by atomic mass is 10.2. The highest BCUT2D eigenvalue weighted by molar-refractivity contribution is 9.10. The van der Waals surface area contributed by atoms with E-state index in [0.717, 1.165) is 15.6 Å². The summed E-state index contributed by atoms with van der Waals surface area (Å²) in [5, 5.41) is 5.37. The first-order valence-corrected chi connectivity index (χ1v) is 9.51. The van der Waals surface area contributed by atoms with Gasteiger partial charge in [-0.25, -0.2) is 0 Å². The molecule has 0 spiro atoms. The Kier molecular flexibility index (Phi) is 4.37. The summed E-state index contributed by atoms with van der Waals surface area (Å²) < 4.78 is 2.70. The number of hydrogen-bond donors (Lipinski definition) is 0. The summed E-state index contributed by atoms with van der Waals surface area (Å²) in [6.45, 7) is 0. The van der Waals surface area contributed by atoms with Crippen molar-refractivity contribution in [1.29, 1.82) is 0 Å². The maximum atomic E-state index is 12.6. The number of hydrogen-bond acceptors (Lipinski definition) is 4. The number of aromatic nitrogens is 3. The van der Waals surface area contributed by atoms with Crippen LogP contribution in [0, 0.1) is 0 Å². The molecule has 0 N–H and O–H groups in total. The van der Waals surface area contributed by atoms with Crippen LogP contribution in [-0.2, 0) is 0 Å². The van der Waals surface area contributed by atoms with E-state index < -0.39 is 0 Å². The predicted octanol–water partition coefficient (Wildman–Crippen LogP) is 4.44. The quantitative estimate of drug-likeness (QED) is 0.451. The molecule has 124 valence electrons. The molecule has 25 heavy (non-hydrogen) atoms. The van der Waals surface area contributed by atoms with Gasteiger partial charge in [-0.05, 0) is 35.9 Å². The molecule has 0 fully saturated rings. The Morgan fingerprint density at radius 1 is 1.16 bits per heavy atom. The minimum atomic E-state index is -0.225. The summed E-state index contributed by atoms with van der Waals surface area (Å²) in [5.74, 6) is 0.506. The summed E-state index contributed by atoms with van der Waals surface area (Å²) in [6.07, 6.45) is 1.72. The molecule has 2 heterocycles. The minimum Gasteiger partial charge on any atom is -0.266 e. The van der Waals surface area contributed by atoms with Gasteiger partial charge in [-0.3, -0.25) is 4.79 Å². The van der Waals surface area contributed by atoms with Crippen LogP contribution >= 0.6 is 50.5 Å². The van der Waals surface area contributed by atoms with Gasteiger partial charge in [-0.1, -0.05) is 68.7 Å². The smallest absolute Gasteiger partial charge is 0.266 e. The van der Waals surface area contributed by atoms with Crippen LogP contribution in [0.4, 0.5) is 0 Å². The molecule has 8 heteroatoms. The van der Waals surface area contributed by atoms with Gasteiger partial charge in [0.15, 0.2) is 5.82 Å². The van der Waals surface area contributed by atoms with Gasteiger partial charge in [0, 0.05) is 20.1 Å². The lowest BCUT2D eigenvalue weighted by Crippen LogP contribution is -2.23. The van der Waals surface area contributed by atoms with Crippen LogP contribution in [0.5, 0.6) is 0 Å². The molecule has 0 amide bonds. The Bertz CT molecular complexity index is 1220. The molecule has 0 saturated carbocycles. The maximum absolute atomic E-state index is 12.6. The fraction of sp³-hybridized carbons (Fsp3) is 0. The van der Waals surface area contributed by atoms with Gasteiger partial charge in [0.2, 0.25) is 4.96 Å². The van der Waals surface area contributed by atoms with Crippen molar-refractivity contribution in [3.8, 4) is 11.4 Å². The van der Waals surface area contributed by atoms with Crippen LogP contribution in [0.3, 0.4) is 0 Å². The molecule has 0 atom stereocenters. The van der Waals surface area contributed by atoms with E-state index in [4.69, 9.17) is 23.2 Å². The third-order valence-corrected chi connectivity index (χ3v) is 5.76. The molecule has 0 aliphatic rings. The topological polar surface area (TPSA) is 47.3 Å². The number of halogens is 3. The van der Waals surface area contributed by atoms with Gasteiger partial charge < -0.3 is 0 Å². The van der Waals surface area contributed by atoms with E-state index in [1.807, 2.05) is 24.3 Å². The second kappa shape index (κ2) is 6.53. The molecular weight excluding hydrogens is 445 g/mol. The van der Waals surface area contributed by atoms with Crippen molar-refractivity contribution in [1.82, 2.24) is 14.6 Å². The van der Waals surface area contributed by atoms with E-state index in [1.165, 1.54) is 15.9 Å². The molecule has 0 unspecified atom stereocenters. The Morgan fingerprint density at radius 3 is 2.68 bits per heavy atom. The minimum absolute atomic E-state index is 0.225. The van der Waals surface area contributed by atoms with Crippen molar-refractivity contribution >= 4 is 61.5 Å². The molecule has 4 nitrogen and oxygen atoms in total. The lowest BCUT2D eigenvalue weighted by Gasteiger charge is -1.97. The zero-order valence-corrected chi connectivity index (χ0v) is 16.3. The monoisotopic (exact) mass is 451 g/mol. The number of benzene rings is 2. The van der Waals surface area contributed by atoms with Crippen LogP contribution in [-0.4, -0.2) is 14.6 Å². The zero-order valence-electron chi connectivity index (χ0n) is 12.4. The van der Waals surface area contributed by atoms with Crippen LogP contribution in [0.25, 0.3) is 22.4 Å². The maximum Gasteiger partial charge on any atom is 0.291 e. The van der Waals surface area contributed by atoms with Gasteiger partial charge in [-0.2, -0.15) is 9.50 Å². The molecule has 0 aliphatic heterocycles. The van der Waals surface area contributed by atoms with Gasteiger partial charge in [0.25, 0.3) is 5.56 Å². The second-order valence-electron chi connectivity index (χ2n) is 5.19. The second-order valence-corrected chi connectivity index (χ2v) is 7.90. The van der Waals surface area contributed by atoms with Crippen LogP contribution in [0.15, 0.2) is 51.7 Å². The van der Waals surface area contributed by atoms with E-state index in [2.05, 4.69) is 26.0 Å². The van der Waals surface area contributed by atoms with Crippen LogP contribution in [0.2, 0.25) is 10.0 Å². The molecule has 4 aromatic rings. The van der Waals surface area contributed by atoms with Gasteiger partial charge >= 0.3 is 0 Å². The van der Waals surface area contributed by atoms with E-state index in [0.29, 0.717) is 25.4 Å². The van der Waals surface area contributed by atoms with Crippen molar-refractivity contribution < 1.29 is 0 Å². The van der Waals surface area contributed by atoms with E-state index in [9.17, 15) is 4.79 Å². The highest BCUT2D eigenvalue weighted by Gasteiger charge is 2.13. The van der Waals surface area contributed by atoms with Crippen molar-refractivity contribution in [2.75, 3.05) is 0 Å². The Balaban J connectivity index is 1.85. The van der Waals surface area contributed by atoms with Crippen molar-refractivity contribution in [3.63, 3.8) is 0 Å². The molecule has 0 saturated heterocycles. The largest absolute Gasteiger partial charge is 0.291 e. The highest BCUT2D eigenvalue weighted by atomic mass is 79.9. The summed E-state index contributed by atoms with van der Waals surface area (Å²) in [4.78, 5) is 17.6. The first-order valence-electron chi connectivity index (χ1n) is 7.14. The molecule has 2 aromatic carbocycles. The van der Waals surface area contributed by atoms with Gasteiger partial charge in [0.05, 0.1) is 4.53 Å². The van der Waals surface area contributed by atoms with Crippen LogP contribution < -0.4 is 10.1 Å². The molecule has 0 aliphatic carbocycles. The Labute approximate surface area is 164 Å². The average Bonchev–Trinajstić information content (AvgIpc) is 3.11. The third kappa shape index (κ3) is 3.11. The number of rotatable bonds is 2. The van der Waals surface area contributed by atoms with Crippen LogP contribution in [0.1, 0.15) is 5.56 Å². The van der Waals surface area contributed by atoms with Crippen molar-refractivity contribution in [2.45, 2.75) is 0 Å². The molecule has 0 bridgehead atoms. The molecular formula is C17H8BrCl2N3OS. The molecule has 0 radical (unpaired) electrons.